The minimum absolute atomic E-state index is 0.0219. The third-order valence-electron chi connectivity index (χ3n) is 9.55. The van der Waals surface area contributed by atoms with Crippen molar-refractivity contribution in [1.29, 1.82) is 5.26 Å². The molecule has 1 aromatic carbocycles. The highest BCUT2D eigenvalue weighted by Gasteiger charge is 2.35. The van der Waals surface area contributed by atoms with E-state index in [1.165, 1.54) is 5.56 Å². The normalized spacial score (nSPS) is 18.9. The Labute approximate surface area is 274 Å². The number of hydrogen-bond donors (Lipinski definition) is 2. The lowest BCUT2D eigenvalue weighted by atomic mass is 10.0. The van der Waals surface area contributed by atoms with Crippen LogP contribution in [0.25, 0.3) is 21.1 Å². The zero-order valence-corrected chi connectivity index (χ0v) is 27.5. The molecule has 4 aromatic rings. The Kier molecular flexibility index (Phi) is 9.34. The summed E-state index contributed by atoms with van der Waals surface area (Å²) in [7, 11) is 1.69. The molecule has 5 heterocycles. The molecular weight excluding hydrogens is 635 g/mol. The number of alkyl halides is 5. The predicted octanol–water partition coefficient (Wildman–Crippen LogP) is 7.17. The molecular formula is C33H39F5N8S. The van der Waals surface area contributed by atoms with Gasteiger partial charge in [-0.05, 0) is 56.0 Å². The summed E-state index contributed by atoms with van der Waals surface area (Å²) < 4.78 is 68.6. The van der Waals surface area contributed by atoms with Crippen LogP contribution < -0.4 is 10.6 Å². The summed E-state index contributed by atoms with van der Waals surface area (Å²) in [6, 6.07) is 10.1. The molecule has 14 heteroatoms. The van der Waals surface area contributed by atoms with Crippen LogP contribution in [-0.2, 0) is 19.5 Å². The first-order valence-electron chi connectivity index (χ1n) is 16.0. The number of aryl methyl sites for hydroxylation is 1. The van der Waals surface area contributed by atoms with E-state index in [-0.39, 0.29) is 29.8 Å². The third kappa shape index (κ3) is 7.47. The van der Waals surface area contributed by atoms with E-state index < -0.39 is 18.5 Å². The van der Waals surface area contributed by atoms with E-state index in [4.69, 9.17) is 0 Å². The smallest absolute Gasteiger partial charge is 0.367 e. The topological polar surface area (TPSA) is 85.0 Å². The lowest BCUT2D eigenvalue weighted by Gasteiger charge is -2.36. The highest BCUT2D eigenvalue weighted by atomic mass is 32.1. The van der Waals surface area contributed by atoms with Crippen molar-refractivity contribution in [2.45, 2.75) is 83.2 Å². The number of fused-ring (bicyclic) bond motifs is 2. The Balaban J connectivity index is 1.11. The summed E-state index contributed by atoms with van der Waals surface area (Å²) >= 11 is 1.04. The van der Waals surface area contributed by atoms with Crippen LogP contribution in [0.5, 0.6) is 0 Å². The van der Waals surface area contributed by atoms with Crippen LogP contribution in [0, 0.1) is 18.3 Å². The van der Waals surface area contributed by atoms with Crippen molar-refractivity contribution < 1.29 is 22.0 Å². The van der Waals surface area contributed by atoms with Gasteiger partial charge in [-0.1, -0.05) is 6.07 Å². The molecule has 2 fully saturated rings. The Morgan fingerprint density at radius 1 is 1.09 bits per heavy atom. The zero-order chi connectivity index (χ0) is 33.5. The average molecular weight is 675 g/mol. The summed E-state index contributed by atoms with van der Waals surface area (Å²) in [6.07, 6.45) is -3.86. The van der Waals surface area contributed by atoms with Gasteiger partial charge in [0.2, 0.25) is 5.95 Å². The number of likely N-dealkylation sites (tertiary alicyclic amines) is 2. The van der Waals surface area contributed by atoms with Gasteiger partial charge in [0.15, 0.2) is 0 Å². The van der Waals surface area contributed by atoms with Gasteiger partial charge >= 0.3 is 6.18 Å². The second-order valence-electron chi connectivity index (χ2n) is 12.8. The summed E-state index contributed by atoms with van der Waals surface area (Å²) in [5, 5.41) is 18.0. The molecule has 47 heavy (non-hydrogen) atoms. The van der Waals surface area contributed by atoms with Crippen LogP contribution in [-0.4, -0.2) is 81.7 Å². The number of thiophene rings is 1. The zero-order valence-electron chi connectivity index (χ0n) is 26.7. The first-order valence-corrected chi connectivity index (χ1v) is 16.8. The number of nitrogens with zero attached hydrogens (tertiary/aromatic N) is 6. The van der Waals surface area contributed by atoms with Gasteiger partial charge in [0.25, 0.3) is 5.92 Å². The van der Waals surface area contributed by atoms with Gasteiger partial charge in [-0.3, -0.25) is 9.80 Å². The number of aromatic nitrogens is 3. The van der Waals surface area contributed by atoms with Gasteiger partial charge in [0, 0.05) is 87.0 Å². The number of rotatable bonds is 9. The van der Waals surface area contributed by atoms with E-state index in [2.05, 4.69) is 55.5 Å². The number of benzene rings is 1. The molecule has 0 unspecified atom stereocenters. The maximum atomic E-state index is 13.7. The molecule has 2 N–H and O–H groups in total. The molecule has 8 nitrogen and oxygen atoms in total. The average Bonchev–Trinajstić information content (AvgIpc) is 3.59. The molecule has 0 amide bonds. The fourth-order valence-electron chi connectivity index (χ4n) is 6.80. The number of hydrogen-bond acceptors (Lipinski definition) is 8. The molecule has 0 spiro atoms. The standard InChI is InChI=1S/C33H39F5N8S/c1-20(45-12-8-32(34,35)9-13-45)18-46-24(17-39)14-26-21(2)22(4-5-28(26)46)19-44-10-6-23(7-11-44)41-29-27-15-25(16-33(36,37)38)47-30(27)43-31(40-3)42-29/h4-5,14-15,20,23H,6-13,16,18-19H2,1-3H3,(H2,40,41,42,43)/t20-/m0/s1. The Morgan fingerprint density at radius 2 is 1.81 bits per heavy atom. The number of nitriles is 1. The first kappa shape index (κ1) is 33.4. The van der Waals surface area contributed by atoms with Crippen molar-refractivity contribution in [3.05, 3.63) is 46.0 Å². The van der Waals surface area contributed by atoms with Crippen LogP contribution in [0.2, 0.25) is 0 Å². The highest BCUT2D eigenvalue weighted by molar-refractivity contribution is 7.18. The van der Waals surface area contributed by atoms with E-state index in [1.807, 2.05) is 17.6 Å². The summed E-state index contributed by atoms with van der Waals surface area (Å²) in [5.74, 6) is -1.68. The van der Waals surface area contributed by atoms with E-state index in [9.17, 15) is 27.2 Å². The van der Waals surface area contributed by atoms with Gasteiger partial charge in [0.05, 0.1) is 11.8 Å². The summed E-state index contributed by atoms with van der Waals surface area (Å²) in [6.45, 7) is 7.80. The second-order valence-corrected chi connectivity index (χ2v) is 14.0. The van der Waals surface area contributed by atoms with E-state index in [1.54, 1.807) is 13.1 Å². The summed E-state index contributed by atoms with van der Waals surface area (Å²) in [4.78, 5) is 14.1. The molecule has 3 aromatic heterocycles. The molecule has 1 atom stereocenters. The van der Waals surface area contributed by atoms with Crippen molar-refractivity contribution in [3.63, 3.8) is 0 Å². The van der Waals surface area contributed by atoms with Crippen LogP contribution in [0.4, 0.5) is 33.7 Å². The molecule has 0 aliphatic carbocycles. The lowest BCUT2D eigenvalue weighted by molar-refractivity contribution is -0.126. The molecule has 252 valence electrons. The van der Waals surface area contributed by atoms with E-state index >= 15 is 0 Å². The fraction of sp³-hybridized carbons (Fsp3) is 0.545. The van der Waals surface area contributed by atoms with E-state index in [0.717, 1.165) is 60.3 Å². The Bertz CT molecular complexity index is 1770. The van der Waals surface area contributed by atoms with Crippen molar-refractivity contribution in [3.8, 4) is 6.07 Å². The molecule has 6 rings (SSSR count). The van der Waals surface area contributed by atoms with Crippen LogP contribution in [0.1, 0.15) is 54.3 Å². The van der Waals surface area contributed by atoms with Crippen LogP contribution in [0.3, 0.4) is 0 Å². The molecule has 2 aliphatic heterocycles. The second kappa shape index (κ2) is 13.2. The van der Waals surface area contributed by atoms with Gasteiger partial charge in [0.1, 0.15) is 22.4 Å². The van der Waals surface area contributed by atoms with Gasteiger partial charge < -0.3 is 15.2 Å². The van der Waals surface area contributed by atoms with Crippen LogP contribution >= 0.6 is 11.3 Å². The van der Waals surface area contributed by atoms with Gasteiger partial charge in [-0.2, -0.15) is 23.4 Å². The predicted molar refractivity (Wildman–Crippen MR) is 175 cm³/mol. The molecule has 0 bridgehead atoms. The monoisotopic (exact) mass is 674 g/mol. The molecule has 2 aliphatic rings. The fourth-order valence-corrected chi connectivity index (χ4v) is 7.86. The third-order valence-corrected chi connectivity index (χ3v) is 10.6. The van der Waals surface area contributed by atoms with E-state index in [0.29, 0.717) is 47.3 Å². The Morgan fingerprint density at radius 3 is 2.47 bits per heavy atom. The largest absolute Gasteiger partial charge is 0.393 e. The minimum atomic E-state index is -4.29. The molecule has 0 saturated carbocycles. The maximum Gasteiger partial charge on any atom is 0.393 e. The maximum absolute atomic E-state index is 13.7. The first-order chi connectivity index (χ1) is 22.3. The van der Waals surface area contributed by atoms with Crippen molar-refractivity contribution in [2.75, 3.05) is 43.9 Å². The van der Waals surface area contributed by atoms with Crippen molar-refractivity contribution >= 4 is 44.2 Å². The number of nitrogens with one attached hydrogen (secondary N) is 2. The quantitative estimate of drug-likeness (QED) is 0.182. The Hall–Kier alpha value is -3.54. The van der Waals surface area contributed by atoms with Gasteiger partial charge in [-0.25, -0.2) is 13.8 Å². The van der Waals surface area contributed by atoms with Crippen molar-refractivity contribution in [1.82, 2.24) is 24.3 Å². The van der Waals surface area contributed by atoms with Gasteiger partial charge in [-0.15, -0.1) is 11.3 Å². The van der Waals surface area contributed by atoms with Crippen molar-refractivity contribution in [2.24, 2.45) is 0 Å². The SMILES string of the molecule is CNc1nc(NC2CCN(Cc3ccc4c(cc(C#N)n4C[C@H](C)N4CCC(F)(F)CC4)c3C)CC2)c2cc(CC(F)(F)F)sc2n1. The number of anilines is 2. The molecule has 0 radical (unpaired) electrons. The summed E-state index contributed by atoms with van der Waals surface area (Å²) in [5.41, 5.74) is 3.85. The van der Waals surface area contributed by atoms with Crippen LogP contribution in [0.15, 0.2) is 24.3 Å². The lowest BCUT2D eigenvalue weighted by Crippen LogP contribution is -2.45. The number of piperidine rings is 2. The minimum Gasteiger partial charge on any atom is -0.367 e. The number of halogens is 5. The highest BCUT2D eigenvalue weighted by Crippen LogP contribution is 2.35. The molecule has 2 saturated heterocycles.